The lowest BCUT2D eigenvalue weighted by Crippen LogP contribution is -2.38. The normalized spacial score (nSPS) is 13.4. The topological polar surface area (TPSA) is 74.3 Å². The highest BCUT2D eigenvalue weighted by Crippen LogP contribution is 2.27. The number of carbonyl (C=O) groups is 2. The maximum absolute atomic E-state index is 13.3. The molecular formula is C31H42N4O2. The molecule has 1 atom stereocenters. The molecule has 1 aliphatic carbocycles. The van der Waals surface area contributed by atoms with E-state index >= 15 is 0 Å². The summed E-state index contributed by atoms with van der Waals surface area (Å²) in [6.07, 6.45) is 6.76. The Kier molecular flexibility index (Phi) is 11.6. The van der Waals surface area contributed by atoms with Crippen LogP contribution in [0.1, 0.15) is 84.5 Å². The third-order valence-corrected chi connectivity index (χ3v) is 6.44. The molecule has 0 radical (unpaired) electrons. The Morgan fingerprint density at radius 3 is 2.49 bits per heavy atom. The van der Waals surface area contributed by atoms with Crippen molar-refractivity contribution in [3.8, 4) is 11.8 Å². The number of hydrogen-bond acceptors (Lipinski definition) is 4. The van der Waals surface area contributed by atoms with Gasteiger partial charge < -0.3 is 15.5 Å². The summed E-state index contributed by atoms with van der Waals surface area (Å²) < 4.78 is 0. The first-order chi connectivity index (χ1) is 18.0. The highest BCUT2D eigenvalue weighted by Gasteiger charge is 2.20. The molecule has 6 heteroatoms. The minimum atomic E-state index is -0.163. The molecule has 37 heavy (non-hydrogen) atoms. The summed E-state index contributed by atoms with van der Waals surface area (Å²) in [7, 11) is 0. The van der Waals surface area contributed by atoms with Crippen molar-refractivity contribution in [1.29, 1.82) is 0 Å². The second-order valence-corrected chi connectivity index (χ2v) is 9.93. The van der Waals surface area contributed by atoms with E-state index in [2.05, 4.69) is 53.4 Å². The standard InChI is InChI=1S/C31H42N4O2/c1-4-20-35(21-5-2)31(37)29-23-27(22-24(3)33-29)30(36)34-28(16-15-25-10-7-6-8-11-25)17-19-32-18-9-12-26-13-14-26/h6-8,10-11,22-23,26,28,32H,4-5,13-21H2,1-3H3,(H,34,36). The first-order valence-corrected chi connectivity index (χ1v) is 13.8. The average Bonchev–Trinajstić information content (AvgIpc) is 3.73. The highest BCUT2D eigenvalue weighted by molar-refractivity contribution is 5.98. The summed E-state index contributed by atoms with van der Waals surface area (Å²) in [5, 5.41) is 6.62. The summed E-state index contributed by atoms with van der Waals surface area (Å²) in [6.45, 7) is 8.77. The third kappa shape index (κ3) is 10.0. The summed E-state index contributed by atoms with van der Waals surface area (Å²) >= 11 is 0. The molecule has 0 bridgehead atoms. The minimum absolute atomic E-state index is 0.000835. The number of carbonyl (C=O) groups excluding carboxylic acids is 2. The van der Waals surface area contributed by atoms with Crippen LogP contribution in [0.2, 0.25) is 0 Å². The average molecular weight is 503 g/mol. The Balaban J connectivity index is 1.65. The lowest BCUT2D eigenvalue weighted by Gasteiger charge is -2.22. The van der Waals surface area contributed by atoms with Crippen LogP contribution in [-0.2, 0) is 6.42 Å². The van der Waals surface area contributed by atoms with Crippen LogP contribution in [0.5, 0.6) is 0 Å². The number of hydrogen-bond donors (Lipinski definition) is 2. The number of aromatic nitrogens is 1. The van der Waals surface area contributed by atoms with Gasteiger partial charge in [-0.3, -0.25) is 9.59 Å². The third-order valence-electron chi connectivity index (χ3n) is 6.44. The number of benzene rings is 1. The van der Waals surface area contributed by atoms with Crippen LogP contribution in [-0.4, -0.2) is 53.9 Å². The summed E-state index contributed by atoms with van der Waals surface area (Å²) in [4.78, 5) is 32.7. The predicted octanol–water partition coefficient (Wildman–Crippen LogP) is 4.78. The summed E-state index contributed by atoms with van der Waals surface area (Å²) in [5.41, 5.74) is 2.74. The SMILES string of the molecule is CCCN(CCC)C(=O)c1cc(C(=O)NC(CCNCC#CC2CC2)CCc2ccccc2)cc(C)n1. The Morgan fingerprint density at radius 2 is 1.81 bits per heavy atom. The van der Waals surface area contributed by atoms with Gasteiger partial charge in [-0.15, -0.1) is 0 Å². The quantitative estimate of drug-likeness (QED) is 0.288. The van der Waals surface area contributed by atoms with Gasteiger partial charge in [-0.05, 0) is 76.1 Å². The molecule has 0 aliphatic heterocycles. The first-order valence-electron chi connectivity index (χ1n) is 13.8. The molecule has 0 spiro atoms. The van der Waals surface area contributed by atoms with Gasteiger partial charge in [0.05, 0.1) is 6.54 Å². The molecule has 2 N–H and O–H groups in total. The zero-order chi connectivity index (χ0) is 26.5. The molecule has 3 rings (SSSR count). The fraction of sp³-hybridized carbons (Fsp3) is 0.516. The molecule has 198 valence electrons. The van der Waals surface area contributed by atoms with Gasteiger partial charge in [-0.2, -0.15) is 0 Å². The molecule has 1 heterocycles. The van der Waals surface area contributed by atoms with Crippen LogP contribution in [0.3, 0.4) is 0 Å². The first kappa shape index (κ1) is 28.4. The number of nitrogens with zero attached hydrogens (tertiary/aromatic N) is 2. The van der Waals surface area contributed by atoms with E-state index in [0.29, 0.717) is 42.5 Å². The van der Waals surface area contributed by atoms with Crippen LogP contribution in [0, 0.1) is 24.7 Å². The Bertz CT molecular complexity index is 1060. The van der Waals surface area contributed by atoms with Gasteiger partial charge in [0.15, 0.2) is 0 Å². The van der Waals surface area contributed by atoms with Gasteiger partial charge >= 0.3 is 0 Å². The van der Waals surface area contributed by atoms with Crippen molar-refractivity contribution in [1.82, 2.24) is 20.5 Å². The molecule has 2 aromatic rings. The highest BCUT2D eigenvalue weighted by atomic mass is 16.2. The monoisotopic (exact) mass is 502 g/mol. The van der Waals surface area contributed by atoms with E-state index in [-0.39, 0.29) is 17.9 Å². The van der Waals surface area contributed by atoms with E-state index < -0.39 is 0 Å². The van der Waals surface area contributed by atoms with Gasteiger partial charge in [0, 0.05) is 36.3 Å². The summed E-state index contributed by atoms with van der Waals surface area (Å²) in [6, 6.07) is 13.7. The van der Waals surface area contributed by atoms with Gasteiger partial charge in [-0.25, -0.2) is 4.98 Å². The van der Waals surface area contributed by atoms with E-state index in [1.165, 1.54) is 18.4 Å². The Labute approximate surface area is 222 Å². The maximum atomic E-state index is 13.3. The molecule has 1 aliphatic rings. The van der Waals surface area contributed by atoms with E-state index in [9.17, 15) is 9.59 Å². The Morgan fingerprint density at radius 1 is 1.08 bits per heavy atom. The van der Waals surface area contributed by atoms with Crippen molar-refractivity contribution in [2.45, 2.75) is 71.8 Å². The molecule has 1 aromatic heterocycles. The van der Waals surface area contributed by atoms with Crippen LogP contribution < -0.4 is 10.6 Å². The molecule has 6 nitrogen and oxygen atoms in total. The molecule has 1 unspecified atom stereocenters. The van der Waals surface area contributed by atoms with Crippen molar-refractivity contribution >= 4 is 11.8 Å². The van der Waals surface area contributed by atoms with Crippen LogP contribution in [0.4, 0.5) is 0 Å². The minimum Gasteiger partial charge on any atom is -0.349 e. The zero-order valence-corrected chi connectivity index (χ0v) is 22.7. The fourth-order valence-corrected chi connectivity index (χ4v) is 4.32. The molecule has 2 amide bonds. The summed E-state index contributed by atoms with van der Waals surface area (Å²) in [5.74, 6) is 6.81. The van der Waals surface area contributed by atoms with Gasteiger partial charge in [0.2, 0.25) is 0 Å². The van der Waals surface area contributed by atoms with E-state index in [4.69, 9.17) is 0 Å². The van der Waals surface area contributed by atoms with Crippen molar-refractivity contribution in [3.05, 3.63) is 65.0 Å². The van der Waals surface area contributed by atoms with Gasteiger partial charge in [0.1, 0.15) is 5.69 Å². The van der Waals surface area contributed by atoms with Crippen molar-refractivity contribution < 1.29 is 9.59 Å². The lowest BCUT2D eigenvalue weighted by molar-refractivity contribution is 0.0749. The number of amides is 2. The van der Waals surface area contributed by atoms with Crippen LogP contribution in [0.25, 0.3) is 0 Å². The Hall–Kier alpha value is -3.17. The largest absolute Gasteiger partial charge is 0.349 e. The maximum Gasteiger partial charge on any atom is 0.272 e. The zero-order valence-electron chi connectivity index (χ0n) is 22.7. The molecule has 1 aromatic carbocycles. The second kappa shape index (κ2) is 15.2. The number of pyridine rings is 1. The van der Waals surface area contributed by atoms with Gasteiger partial charge in [0.25, 0.3) is 11.8 Å². The number of rotatable bonds is 14. The van der Waals surface area contributed by atoms with Gasteiger partial charge in [-0.1, -0.05) is 56.0 Å². The van der Waals surface area contributed by atoms with Crippen LogP contribution >= 0.6 is 0 Å². The molecule has 0 saturated heterocycles. The lowest BCUT2D eigenvalue weighted by atomic mass is 10.0. The number of aryl methyl sites for hydroxylation is 2. The van der Waals surface area contributed by atoms with E-state index in [1.807, 2.05) is 30.0 Å². The second-order valence-electron chi connectivity index (χ2n) is 9.93. The van der Waals surface area contributed by atoms with Crippen molar-refractivity contribution in [2.75, 3.05) is 26.2 Å². The fourth-order valence-electron chi connectivity index (χ4n) is 4.32. The van der Waals surface area contributed by atoms with E-state index in [1.54, 1.807) is 12.1 Å². The predicted molar refractivity (Wildman–Crippen MR) is 149 cm³/mol. The smallest absolute Gasteiger partial charge is 0.272 e. The number of nitrogens with one attached hydrogen (secondary N) is 2. The molecule has 1 saturated carbocycles. The van der Waals surface area contributed by atoms with Crippen molar-refractivity contribution in [3.63, 3.8) is 0 Å². The van der Waals surface area contributed by atoms with Crippen LogP contribution in [0.15, 0.2) is 42.5 Å². The molecule has 1 fully saturated rings. The van der Waals surface area contributed by atoms with Crippen molar-refractivity contribution in [2.24, 2.45) is 5.92 Å². The molecular weight excluding hydrogens is 460 g/mol. The van der Waals surface area contributed by atoms with E-state index in [0.717, 1.165) is 38.6 Å².